The minimum absolute atomic E-state index is 0.120. The summed E-state index contributed by atoms with van der Waals surface area (Å²) in [7, 11) is 0. The minimum Gasteiger partial charge on any atom is -0.375 e. The Balaban J connectivity index is 1.90. The molecule has 1 aromatic heterocycles. The first-order valence-electron chi connectivity index (χ1n) is 6.56. The number of fused-ring (bicyclic) bond motifs is 1. The van der Waals surface area contributed by atoms with Crippen LogP contribution in [0.25, 0.3) is 10.1 Å². The zero-order valence-corrected chi connectivity index (χ0v) is 11.9. The van der Waals surface area contributed by atoms with E-state index in [-0.39, 0.29) is 18.1 Å². The number of hydrogen-bond donors (Lipinski definition) is 0. The lowest BCUT2D eigenvalue weighted by molar-refractivity contribution is -0.0385. The Bertz CT molecular complexity index is 574. The second kappa shape index (κ2) is 4.94. The average Bonchev–Trinajstić information content (AvgIpc) is 2.84. The van der Waals surface area contributed by atoms with Crippen molar-refractivity contribution in [3.8, 4) is 0 Å². The third-order valence-corrected chi connectivity index (χ3v) is 4.61. The van der Waals surface area contributed by atoms with Crippen LogP contribution in [0, 0.1) is 0 Å². The van der Waals surface area contributed by atoms with Crippen molar-refractivity contribution in [3.63, 3.8) is 0 Å². The quantitative estimate of drug-likeness (QED) is 0.800. The molecule has 2 heterocycles. The number of ether oxygens (including phenoxy) is 1. The van der Waals surface area contributed by atoms with E-state index in [0.29, 0.717) is 13.2 Å². The topological polar surface area (TPSA) is 29.5 Å². The highest BCUT2D eigenvalue weighted by molar-refractivity contribution is 7.20. The molecule has 100 valence electrons. The molecule has 1 aromatic carbocycles. The molecule has 0 bridgehead atoms. The van der Waals surface area contributed by atoms with Crippen LogP contribution < -0.4 is 0 Å². The molecule has 1 amide bonds. The zero-order chi connectivity index (χ0) is 13.4. The summed E-state index contributed by atoms with van der Waals surface area (Å²) in [5, 5.41) is 1.14. The van der Waals surface area contributed by atoms with Crippen LogP contribution in [0.5, 0.6) is 0 Å². The molecule has 2 aromatic rings. The van der Waals surface area contributed by atoms with Gasteiger partial charge in [-0.15, -0.1) is 11.3 Å². The van der Waals surface area contributed by atoms with Gasteiger partial charge in [-0.25, -0.2) is 0 Å². The molecule has 1 saturated heterocycles. The van der Waals surface area contributed by atoms with E-state index in [9.17, 15) is 4.79 Å². The maximum Gasteiger partial charge on any atom is 0.264 e. The van der Waals surface area contributed by atoms with Gasteiger partial charge in [0.1, 0.15) is 0 Å². The van der Waals surface area contributed by atoms with Gasteiger partial charge in [0, 0.05) is 11.2 Å². The summed E-state index contributed by atoms with van der Waals surface area (Å²) in [4.78, 5) is 15.4. The molecule has 0 radical (unpaired) electrons. The van der Waals surface area contributed by atoms with E-state index in [2.05, 4.69) is 6.07 Å². The number of carbonyl (C=O) groups excluding carboxylic acids is 1. The highest BCUT2D eigenvalue weighted by Crippen LogP contribution is 2.27. The normalized spacial score (nSPS) is 23.8. The summed E-state index contributed by atoms with van der Waals surface area (Å²) >= 11 is 1.57. The second-order valence-corrected chi connectivity index (χ2v) is 6.18. The van der Waals surface area contributed by atoms with Crippen LogP contribution in [0.1, 0.15) is 23.5 Å². The first kappa shape index (κ1) is 12.6. The van der Waals surface area contributed by atoms with E-state index in [0.717, 1.165) is 10.3 Å². The van der Waals surface area contributed by atoms with Crippen LogP contribution in [-0.4, -0.2) is 36.1 Å². The number of amides is 1. The fraction of sp³-hybridized carbons (Fsp3) is 0.400. The number of benzene rings is 1. The molecule has 0 N–H and O–H groups in total. The Morgan fingerprint density at radius 2 is 2.16 bits per heavy atom. The van der Waals surface area contributed by atoms with Gasteiger partial charge in [-0.05, 0) is 31.4 Å². The van der Waals surface area contributed by atoms with Gasteiger partial charge in [0.25, 0.3) is 5.91 Å². The highest BCUT2D eigenvalue weighted by atomic mass is 32.1. The van der Waals surface area contributed by atoms with Gasteiger partial charge in [-0.2, -0.15) is 0 Å². The molecule has 19 heavy (non-hydrogen) atoms. The van der Waals surface area contributed by atoms with Gasteiger partial charge < -0.3 is 9.64 Å². The van der Waals surface area contributed by atoms with E-state index in [1.165, 1.54) is 4.70 Å². The zero-order valence-electron chi connectivity index (χ0n) is 11.1. The molecule has 0 spiro atoms. The fourth-order valence-electron chi connectivity index (χ4n) is 2.42. The summed E-state index contributed by atoms with van der Waals surface area (Å²) in [6, 6.07) is 10.3. The van der Waals surface area contributed by atoms with Gasteiger partial charge in [-0.1, -0.05) is 18.2 Å². The predicted molar refractivity (Wildman–Crippen MR) is 77.7 cm³/mol. The lowest BCUT2D eigenvalue weighted by Crippen LogP contribution is -2.50. The Hall–Kier alpha value is -1.39. The Morgan fingerprint density at radius 3 is 2.95 bits per heavy atom. The molecule has 4 heteroatoms. The Labute approximate surface area is 116 Å². The van der Waals surface area contributed by atoms with Crippen LogP contribution in [0.15, 0.2) is 30.3 Å². The highest BCUT2D eigenvalue weighted by Gasteiger charge is 2.29. The summed E-state index contributed by atoms with van der Waals surface area (Å²) in [5.74, 6) is 0.129. The van der Waals surface area contributed by atoms with Gasteiger partial charge in [0.2, 0.25) is 0 Å². The van der Waals surface area contributed by atoms with Crippen molar-refractivity contribution in [3.05, 3.63) is 35.2 Å². The molecule has 1 aliphatic heterocycles. The van der Waals surface area contributed by atoms with E-state index in [1.54, 1.807) is 11.3 Å². The molecule has 1 aliphatic rings. The van der Waals surface area contributed by atoms with Crippen molar-refractivity contribution in [2.45, 2.75) is 26.0 Å². The second-order valence-electron chi connectivity index (χ2n) is 5.10. The van der Waals surface area contributed by atoms with E-state index >= 15 is 0 Å². The van der Waals surface area contributed by atoms with Crippen molar-refractivity contribution in [1.29, 1.82) is 0 Å². The molecule has 0 aliphatic carbocycles. The van der Waals surface area contributed by atoms with Gasteiger partial charge in [-0.3, -0.25) is 4.79 Å². The fourth-order valence-corrected chi connectivity index (χ4v) is 3.43. The van der Waals surface area contributed by atoms with Crippen LogP contribution in [0.2, 0.25) is 0 Å². The lowest BCUT2D eigenvalue weighted by atomic mass is 10.2. The predicted octanol–water partition coefficient (Wildman–Crippen LogP) is 3.15. The molecular formula is C15H17NO2S. The number of hydrogen-bond acceptors (Lipinski definition) is 3. The van der Waals surface area contributed by atoms with Crippen LogP contribution in [0.3, 0.4) is 0 Å². The van der Waals surface area contributed by atoms with Crippen molar-refractivity contribution in [2.75, 3.05) is 13.2 Å². The maximum atomic E-state index is 12.6. The number of morpholine rings is 1. The molecular weight excluding hydrogens is 258 g/mol. The van der Waals surface area contributed by atoms with Crippen LogP contribution in [0.4, 0.5) is 0 Å². The van der Waals surface area contributed by atoms with E-state index in [1.807, 2.05) is 43.0 Å². The summed E-state index contributed by atoms with van der Waals surface area (Å²) in [5.41, 5.74) is 0. The summed E-state index contributed by atoms with van der Waals surface area (Å²) < 4.78 is 6.74. The molecule has 3 rings (SSSR count). The standard InChI is InChI=1S/C15H17NO2S/c1-10-9-18-11(2)8-16(10)15(17)14-7-12-5-3-4-6-13(12)19-14/h3-7,10-11H,8-9H2,1-2H3. The smallest absolute Gasteiger partial charge is 0.264 e. The van der Waals surface area contributed by atoms with Gasteiger partial charge in [0.15, 0.2) is 0 Å². The van der Waals surface area contributed by atoms with Crippen molar-refractivity contribution < 1.29 is 9.53 Å². The van der Waals surface area contributed by atoms with Crippen molar-refractivity contribution in [1.82, 2.24) is 4.90 Å². The molecule has 2 atom stereocenters. The lowest BCUT2D eigenvalue weighted by Gasteiger charge is -2.36. The van der Waals surface area contributed by atoms with E-state index in [4.69, 9.17) is 4.74 Å². The summed E-state index contributed by atoms with van der Waals surface area (Å²) in [6.07, 6.45) is 0.120. The number of rotatable bonds is 1. The summed E-state index contributed by atoms with van der Waals surface area (Å²) in [6.45, 7) is 5.35. The van der Waals surface area contributed by atoms with Gasteiger partial charge in [0.05, 0.1) is 23.6 Å². The SMILES string of the molecule is CC1CN(C(=O)c2cc3ccccc3s2)C(C)CO1. The van der Waals surface area contributed by atoms with Crippen LogP contribution in [-0.2, 0) is 4.74 Å². The largest absolute Gasteiger partial charge is 0.375 e. The molecule has 0 saturated carbocycles. The third-order valence-electron chi connectivity index (χ3n) is 3.50. The Morgan fingerprint density at radius 1 is 1.37 bits per heavy atom. The number of carbonyl (C=O) groups is 1. The molecule has 1 fully saturated rings. The van der Waals surface area contributed by atoms with Crippen molar-refractivity contribution in [2.24, 2.45) is 0 Å². The molecule has 2 unspecified atom stereocenters. The number of thiophene rings is 1. The molecule has 3 nitrogen and oxygen atoms in total. The monoisotopic (exact) mass is 275 g/mol. The average molecular weight is 275 g/mol. The first-order chi connectivity index (χ1) is 9.15. The Kier molecular flexibility index (Phi) is 3.29. The van der Waals surface area contributed by atoms with Crippen LogP contribution >= 0.6 is 11.3 Å². The minimum atomic E-state index is 0.120. The third kappa shape index (κ3) is 2.38. The number of nitrogens with zero attached hydrogens (tertiary/aromatic N) is 1. The maximum absolute atomic E-state index is 12.6. The van der Waals surface area contributed by atoms with Gasteiger partial charge >= 0.3 is 0 Å². The van der Waals surface area contributed by atoms with Crippen molar-refractivity contribution >= 4 is 27.3 Å². The van der Waals surface area contributed by atoms with E-state index < -0.39 is 0 Å². The first-order valence-corrected chi connectivity index (χ1v) is 7.38.